The molecule has 0 saturated carbocycles. The number of hydrogen-bond acceptors (Lipinski definition) is 3. The van der Waals surface area contributed by atoms with E-state index in [2.05, 4.69) is 31.9 Å². The molecular formula is C12H7Br2FO3S. The van der Waals surface area contributed by atoms with E-state index >= 15 is 0 Å². The van der Waals surface area contributed by atoms with Crippen molar-refractivity contribution in [3.8, 4) is 5.75 Å². The average Bonchev–Trinajstić information content (AvgIpc) is 2.35. The van der Waals surface area contributed by atoms with Crippen molar-refractivity contribution in [1.29, 1.82) is 0 Å². The molecule has 2 aromatic carbocycles. The third-order valence-electron chi connectivity index (χ3n) is 2.20. The topological polar surface area (TPSA) is 43.4 Å². The standard InChI is InChI=1S/C12H7Br2FO3S/c13-8-5-6-9(14)12(7-8)19(16,17)18-11-4-2-1-3-10(11)15/h1-7H. The largest absolute Gasteiger partial charge is 0.376 e. The zero-order valence-corrected chi connectivity index (χ0v) is 13.3. The number of rotatable bonds is 3. The van der Waals surface area contributed by atoms with Gasteiger partial charge in [-0.05, 0) is 46.3 Å². The summed E-state index contributed by atoms with van der Waals surface area (Å²) in [6.45, 7) is 0. The summed E-state index contributed by atoms with van der Waals surface area (Å²) in [5.74, 6) is -1.08. The maximum atomic E-state index is 13.4. The summed E-state index contributed by atoms with van der Waals surface area (Å²) in [5.41, 5.74) is 0. The molecule has 7 heteroatoms. The van der Waals surface area contributed by atoms with Gasteiger partial charge in [0.2, 0.25) is 0 Å². The van der Waals surface area contributed by atoms with Crippen LogP contribution < -0.4 is 4.18 Å². The van der Waals surface area contributed by atoms with Crippen LogP contribution in [0.25, 0.3) is 0 Å². The van der Waals surface area contributed by atoms with Crippen LogP contribution in [0.3, 0.4) is 0 Å². The van der Waals surface area contributed by atoms with Crippen LogP contribution in [-0.2, 0) is 10.1 Å². The quantitative estimate of drug-likeness (QED) is 0.716. The smallest absolute Gasteiger partial charge is 0.340 e. The Hall–Kier alpha value is -0.920. The Labute approximate surface area is 126 Å². The second-order valence-electron chi connectivity index (χ2n) is 3.54. The highest BCUT2D eigenvalue weighted by Gasteiger charge is 2.21. The molecule has 100 valence electrons. The normalized spacial score (nSPS) is 11.3. The number of benzene rings is 2. The van der Waals surface area contributed by atoms with Gasteiger partial charge in [-0.1, -0.05) is 28.1 Å². The molecule has 0 aliphatic heterocycles. The maximum absolute atomic E-state index is 13.4. The molecule has 0 fully saturated rings. The molecular weight excluding hydrogens is 403 g/mol. The molecule has 0 saturated heterocycles. The van der Waals surface area contributed by atoms with Gasteiger partial charge >= 0.3 is 10.1 Å². The molecule has 0 bridgehead atoms. The highest BCUT2D eigenvalue weighted by Crippen LogP contribution is 2.29. The van der Waals surface area contributed by atoms with Crippen LogP contribution in [-0.4, -0.2) is 8.42 Å². The fraction of sp³-hybridized carbons (Fsp3) is 0. The van der Waals surface area contributed by atoms with Crippen molar-refractivity contribution in [2.24, 2.45) is 0 Å². The Morgan fingerprint density at radius 2 is 1.74 bits per heavy atom. The van der Waals surface area contributed by atoms with Crippen molar-refractivity contribution in [3.63, 3.8) is 0 Å². The molecule has 0 aliphatic rings. The summed E-state index contributed by atoms with van der Waals surface area (Å²) >= 11 is 6.30. The molecule has 3 nitrogen and oxygen atoms in total. The lowest BCUT2D eigenvalue weighted by Gasteiger charge is -2.09. The molecule has 19 heavy (non-hydrogen) atoms. The Balaban J connectivity index is 2.44. The Bertz CT molecular complexity index is 717. The van der Waals surface area contributed by atoms with E-state index in [-0.39, 0.29) is 10.6 Å². The summed E-state index contributed by atoms with van der Waals surface area (Å²) in [7, 11) is -4.11. The Morgan fingerprint density at radius 3 is 2.42 bits per heavy atom. The van der Waals surface area contributed by atoms with Crippen LogP contribution in [0.5, 0.6) is 5.75 Å². The van der Waals surface area contributed by atoms with E-state index in [9.17, 15) is 12.8 Å². The van der Waals surface area contributed by atoms with Crippen LogP contribution >= 0.6 is 31.9 Å². The molecule has 0 aromatic heterocycles. The minimum atomic E-state index is -4.11. The highest BCUT2D eigenvalue weighted by molar-refractivity contribution is 9.11. The summed E-state index contributed by atoms with van der Waals surface area (Å²) in [6.07, 6.45) is 0. The van der Waals surface area contributed by atoms with E-state index in [0.717, 1.165) is 6.07 Å². The molecule has 0 heterocycles. The SMILES string of the molecule is O=S(=O)(Oc1ccccc1F)c1cc(Br)ccc1Br. The van der Waals surface area contributed by atoms with Crippen molar-refractivity contribution in [2.45, 2.75) is 4.90 Å². The minimum Gasteiger partial charge on any atom is -0.376 e. The third-order valence-corrected chi connectivity index (χ3v) is 4.92. The summed E-state index contributed by atoms with van der Waals surface area (Å²) in [4.78, 5) is -0.0786. The monoisotopic (exact) mass is 408 g/mol. The average molecular weight is 410 g/mol. The first-order valence-electron chi connectivity index (χ1n) is 5.04. The van der Waals surface area contributed by atoms with Gasteiger partial charge in [-0.3, -0.25) is 0 Å². The van der Waals surface area contributed by atoms with Crippen LogP contribution in [0, 0.1) is 5.82 Å². The molecule has 0 aliphatic carbocycles. The van der Waals surface area contributed by atoms with Crippen LogP contribution in [0.2, 0.25) is 0 Å². The molecule has 0 spiro atoms. The van der Waals surface area contributed by atoms with Gasteiger partial charge in [0, 0.05) is 8.95 Å². The fourth-order valence-electron chi connectivity index (χ4n) is 1.34. The van der Waals surface area contributed by atoms with Gasteiger partial charge in [-0.2, -0.15) is 8.42 Å². The van der Waals surface area contributed by atoms with E-state index in [1.807, 2.05) is 0 Å². The zero-order valence-electron chi connectivity index (χ0n) is 9.31. The van der Waals surface area contributed by atoms with E-state index in [1.165, 1.54) is 24.3 Å². The van der Waals surface area contributed by atoms with Gasteiger partial charge in [-0.15, -0.1) is 0 Å². The van der Waals surface area contributed by atoms with Gasteiger partial charge in [0.15, 0.2) is 11.6 Å². The maximum Gasteiger partial charge on any atom is 0.340 e. The van der Waals surface area contributed by atoms with Gasteiger partial charge in [0.1, 0.15) is 4.90 Å². The zero-order chi connectivity index (χ0) is 14.0. The summed E-state index contributed by atoms with van der Waals surface area (Å²) < 4.78 is 43.3. The van der Waals surface area contributed by atoms with Crippen molar-refractivity contribution in [3.05, 3.63) is 57.2 Å². The van der Waals surface area contributed by atoms with E-state index < -0.39 is 15.9 Å². The first kappa shape index (κ1) is 14.5. The van der Waals surface area contributed by atoms with Gasteiger partial charge in [0.25, 0.3) is 0 Å². The summed E-state index contributed by atoms with van der Waals surface area (Å²) in [6, 6.07) is 9.92. The first-order chi connectivity index (χ1) is 8.90. The minimum absolute atomic E-state index is 0.0786. The highest BCUT2D eigenvalue weighted by atomic mass is 79.9. The predicted molar refractivity (Wildman–Crippen MR) is 76.1 cm³/mol. The molecule has 0 amide bonds. The number of halogens is 3. The van der Waals surface area contributed by atoms with E-state index in [4.69, 9.17) is 4.18 Å². The second kappa shape index (κ2) is 5.60. The van der Waals surface area contributed by atoms with Crippen molar-refractivity contribution >= 4 is 42.0 Å². The van der Waals surface area contributed by atoms with Crippen LogP contribution in [0.4, 0.5) is 4.39 Å². The molecule has 2 rings (SSSR count). The second-order valence-corrected chi connectivity index (χ2v) is 6.83. The molecule has 0 atom stereocenters. The van der Waals surface area contributed by atoms with Crippen molar-refractivity contribution < 1.29 is 17.0 Å². The molecule has 0 N–H and O–H groups in total. The molecule has 2 aromatic rings. The lowest BCUT2D eigenvalue weighted by molar-refractivity contribution is 0.461. The Kier molecular flexibility index (Phi) is 4.27. The lowest BCUT2D eigenvalue weighted by Crippen LogP contribution is -2.11. The van der Waals surface area contributed by atoms with E-state index in [0.29, 0.717) is 8.95 Å². The third kappa shape index (κ3) is 3.34. The van der Waals surface area contributed by atoms with Gasteiger partial charge < -0.3 is 4.18 Å². The fourth-order valence-corrected chi connectivity index (χ4v) is 3.74. The van der Waals surface area contributed by atoms with E-state index in [1.54, 1.807) is 12.1 Å². The number of hydrogen-bond donors (Lipinski definition) is 0. The first-order valence-corrected chi connectivity index (χ1v) is 8.03. The predicted octanol–water partition coefficient (Wildman–Crippen LogP) is 4.12. The van der Waals surface area contributed by atoms with Crippen molar-refractivity contribution in [1.82, 2.24) is 0 Å². The van der Waals surface area contributed by atoms with Crippen LogP contribution in [0.1, 0.15) is 0 Å². The van der Waals surface area contributed by atoms with Crippen molar-refractivity contribution in [2.75, 3.05) is 0 Å². The van der Waals surface area contributed by atoms with Crippen LogP contribution in [0.15, 0.2) is 56.3 Å². The van der Waals surface area contributed by atoms with Gasteiger partial charge in [-0.25, -0.2) is 4.39 Å². The molecule has 0 radical (unpaired) electrons. The Morgan fingerprint density at radius 1 is 1.05 bits per heavy atom. The summed E-state index contributed by atoms with van der Waals surface area (Å²) in [5, 5.41) is 0. The van der Waals surface area contributed by atoms with Gasteiger partial charge in [0.05, 0.1) is 0 Å². The number of para-hydroxylation sites is 1. The molecule has 0 unspecified atom stereocenters. The lowest BCUT2D eigenvalue weighted by atomic mass is 10.3.